The average Bonchev–Trinajstić information content (AvgIpc) is 0.855. The van der Waals surface area contributed by atoms with Gasteiger partial charge >= 0.3 is 0 Å². The number of hydrogen-bond donors (Lipinski definition) is 21. The van der Waals surface area contributed by atoms with Crippen LogP contribution in [0.1, 0.15) is 231 Å². The van der Waals surface area contributed by atoms with E-state index in [1.54, 1.807) is 27.7 Å². The zero-order chi connectivity index (χ0) is 83.8. The van der Waals surface area contributed by atoms with Crippen LogP contribution in [0.15, 0.2) is 0 Å². The average molecular weight is 1570 g/mol. The number of primary amides is 1. The largest absolute Gasteiger partial charge is 0.368 e. The van der Waals surface area contributed by atoms with Crippen molar-refractivity contribution in [1.29, 1.82) is 0 Å². The molecule has 36 heteroatoms. The van der Waals surface area contributed by atoms with E-state index in [1.807, 2.05) is 27.7 Å². The molecule has 0 rings (SSSR count). The summed E-state index contributed by atoms with van der Waals surface area (Å²) in [6.45, 7) is 23.1. The van der Waals surface area contributed by atoms with Gasteiger partial charge in [-0.2, -0.15) is 0 Å². The Labute approximate surface area is 651 Å². The van der Waals surface area contributed by atoms with Crippen LogP contribution in [0.2, 0.25) is 0 Å². The normalized spacial score (nSPS) is 15.2. The molecule has 28 N–H and O–H groups in total. The molecule has 14 atom stereocenters. The highest BCUT2D eigenvalue weighted by molar-refractivity contribution is 6.00. The van der Waals surface area contributed by atoms with E-state index in [2.05, 4.69) is 74.4 Å². The molecule has 0 saturated heterocycles. The van der Waals surface area contributed by atoms with Crippen LogP contribution in [0.25, 0.3) is 0 Å². The summed E-state index contributed by atoms with van der Waals surface area (Å²) >= 11 is 0. The minimum absolute atomic E-state index is 0.0303. The molecule has 0 aliphatic heterocycles. The van der Waals surface area contributed by atoms with E-state index >= 15 is 0 Å². The number of amides is 15. The van der Waals surface area contributed by atoms with Gasteiger partial charge in [-0.05, 0) is 232 Å². The van der Waals surface area contributed by atoms with Gasteiger partial charge in [0.05, 0.1) is 0 Å². The van der Waals surface area contributed by atoms with Gasteiger partial charge in [0.1, 0.15) is 84.6 Å². The minimum Gasteiger partial charge on any atom is -0.368 e. The van der Waals surface area contributed by atoms with Gasteiger partial charge in [0, 0.05) is 6.92 Å². The third-order valence-electron chi connectivity index (χ3n) is 17.9. The highest BCUT2D eigenvalue weighted by atomic mass is 16.2. The SMILES string of the molecule is CC(=O)N[C@@H](CCCCN)C(=O)N[C@@H](CC(C)C)C(=O)N[C@@H](C)C(=O)N[C@@H](CCCCN)C(=O)N[C@@H](CC(C)C)C(=O)N[C@@H](C)C(=O)N[C@@H](CCCCN)C(=O)N[C@@H](CCCCN)C(=O)N[C@@H](CC(C)C)C(=O)N[C@@H](C)C(=O)N[C@@H](CCCCN)C(=O)N[C@@H](CC(C)C)C(=O)N[C@@H](C)C(=O)N[C@@H](CCCCN)C(N)=O. The lowest BCUT2D eigenvalue weighted by Crippen LogP contribution is -2.60. The molecule has 0 aromatic rings. The predicted molar refractivity (Wildman–Crippen MR) is 420 cm³/mol. The molecular weight excluding hydrogens is 1420 g/mol. The monoisotopic (exact) mass is 1560 g/mol. The Kier molecular flexibility index (Phi) is 52.7. The van der Waals surface area contributed by atoms with Gasteiger partial charge in [0.15, 0.2) is 0 Å². The Hall–Kier alpha value is -8.19. The molecular formula is C74H141N21O15. The van der Waals surface area contributed by atoms with Gasteiger partial charge in [-0.15, -0.1) is 0 Å². The fraction of sp³-hybridized carbons (Fsp3) is 0.797. The number of rotatable bonds is 60. The maximum Gasteiger partial charge on any atom is 0.243 e. The van der Waals surface area contributed by atoms with Crippen LogP contribution in [0, 0.1) is 23.7 Å². The molecule has 0 fully saturated rings. The summed E-state index contributed by atoms with van der Waals surface area (Å²) in [5, 5.41) is 37.4. The Morgan fingerprint density at radius 3 is 0.536 bits per heavy atom. The van der Waals surface area contributed by atoms with Gasteiger partial charge in [-0.1, -0.05) is 55.4 Å². The first-order chi connectivity index (χ1) is 51.8. The standard InChI is InChI=1S/C74H141N21O15/c1-42(2)38-57(92-66(102)52(86-50(13)96)27-15-21-33-76)71(107)83-48(11)64(100)89-55(30-18-24-36-79)69(105)94-59(40-44(5)6)73(109)84-47(10)63(99)88-53(28-16-22-34-77)67(103)91-56(31-19-25-37-80)70(106)95-60(41-45(7)8)74(110)85-49(12)65(101)90-54(29-17-23-35-78)68(104)93-58(39-43(3)4)72(108)82-46(9)62(98)87-51(61(81)97)26-14-20-32-75/h42-49,51-60H,14-41,75-80H2,1-13H3,(H2,81,97)(H,82,108)(H,83,107)(H,84,109)(H,85,110)(H,86,96)(H,87,98)(H,88,99)(H,89,100)(H,90,101)(H,91,103)(H,92,102)(H,93,104)(H,94,105)(H,95,106)/t46-,47-,48-,49-,51-,52-,53-,54-,55-,56-,57-,58-,59-,60-/m0/s1. The predicted octanol–water partition coefficient (Wildman–Crippen LogP) is -2.68. The molecule has 0 aromatic heterocycles. The van der Waals surface area contributed by atoms with Gasteiger partial charge in [0.25, 0.3) is 0 Å². The highest BCUT2D eigenvalue weighted by Gasteiger charge is 2.37. The van der Waals surface area contributed by atoms with Crippen LogP contribution in [-0.4, -0.2) is 212 Å². The summed E-state index contributed by atoms with van der Waals surface area (Å²) in [4.78, 5) is 206. The number of carbonyl (C=O) groups is 15. The van der Waals surface area contributed by atoms with Crippen LogP contribution in [0.3, 0.4) is 0 Å². The van der Waals surface area contributed by atoms with E-state index in [9.17, 15) is 71.9 Å². The van der Waals surface area contributed by atoms with Crippen LogP contribution in [0.4, 0.5) is 0 Å². The molecule has 0 saturated carbocycles. The second-order valence-electron chi connectivity index (χ2n) is 30.4. The molecule has 110 heavy (non-hydrogen) atoms. The second-order valence-corrected chi connectivity index (χ2v) is 30.4. The first-order valence-corrected chi connectivity index (χ1v) is 39.5. The van der Waals surface area contributed by atoms with Crippen molar-refractivity contribution in [3.05, 3.63) is 0 Å². The smallest absolute Gasteiger partial charge is 0.243 e. The molecule has 0 heterocycles. The Bertz CT molecular complexity index is 2870. The number of unbranched alkanes of at least 4 members (excludes halogenated alkanes) is 6. The molecule has 0 unspecified atom stereocenters. The summed E-state index contributed by atoms with van der Waals surface area (Å²) in [7, 11) is 0. The fourth-order valence-electron chi connectivity index (χ4n) is 11.7. The van der Waals surface area contributed by atoms with Gasteiger partial charge in [-0.25, -0.2) is 0 Å². The van der Waals surface area contributed by atoms with E-state index in [0.29, 0.717) is 90.1 Å². The van der Waals surface area contributed by atoms with Crippen molar-refractivity contribution in [3.63, 3.8) is 0 Å². The van der Waals surface area contributed by atoms with Crippen LogP contribution < -0.4 is 115 Å². The molecule has 632 valence electrons. The Morgan fingerprint density at radius 2 is 0.364 bits per heavy atom. The van der Waals surface area contributed by atoms with Crippen molar-refractivity contribution in [1.82, 2.24) is 74.4 Å². The molecule has 0 bridgehead atoms. The summed E-state index contributed by atoms with van der Waals surface area (Å²) in [6.07, 6.45) is 6.64. The number of nitrogens with two attached hydrogens (primary N) is 7. The van der Waals surface area contributed by atoms with Crippen molar-refractivity contribution in [2.45, 2.75) is 316 Å². The zero-order valence-corrected chi connectivity index (χ0v) is 67.9. The van der Waals surface area contributed by atoms with Crippen LogP contribution in [-0.2, 0) is 71.9 Å². The number of hydrogen-bond acceptors (Lipinski definition) is 21. The van der Waals surface area contributed by atoms with E-state index in [0.717, 1.165) is 0 Å². The van der Waals surface area contributed by atoms with E-state index in [1.165, 1.54) is 34.6 Å². The second kappa shape index (κ2) is 56.9. The van der Waals surface area contributed by atoms with E-state index in [-0.39, 0.29) is 114 Å². The lowest BCUT2D eigenvalue weighted by molar-refractivity contribution is -0.136. The molecule has 15 amide bonds. The van der Waals surface area contributed by atoms with Crippen molar-refractivity contribution < 1.29 is 71.9 Å². The van der Waals surface area contributed by atoms with Crippen LogP contribution in [0.5, 0.6) is 0 Å². The van der Waals surface area contributed by atoms with Gasteiger partial charge in [-0.3, -0.25) is 71.9 Å². The Morgan fingerprint density at radius 1 is 0.209 bits per heavy atom. The molecule has 0 aromatic carbocycles. The highest BCUT2D eigenvalue weighted by Crippen LogP contribution is 2.15. The summed E-state index contributed by atoms with van der Waals surface area (Å²) in [5.41, 5.74) is 40.0. The molecule has 0 spiro atoms. The summed E-state index contributed by atoms with van der Waals surface area (Å²) < 4.78 is 0. The number of nitrogens with one attached hydrogen (secondary N) is 14. The molecule has 0 radical (unpaired) electrons. The van der Waals surface area contributed by atoms with Crippen molar-refractivity contribution in [3.8, 4) is 0 Å². The van der Waals surface area contributed by atoms with E-state index < -0.39 is 173 Å². The van der Waals surface area contributed by atoms with Crippen molar-refractivity contribution in [2.24, 2.45) is 63.8 Å². The zero-order valence-electron chi connectivity index (χ0n) is 67.9. The third-order valence-corrected chi connectivity index (χ3v) is 17.9. The van der Waals surface area contributed by atoms with Crippen LogP contribution >= 0.6 is 0 Å². The lowest BCUT2D eigenvalue weighted by atomic mass is 10.0. The van der Waals surface area contributed by atoms with Crippen molar-refractivity contribution in [2.75, 3.05) is 39.3 Å². The first kappa shape index (κ1) is 102. The maximum absolute atomic E-state index is 14.5. The van der Waals surface area contributed by atoms with E-state index in [4.69, 9.17) is 40.1 Å². The van der Waals surface area contributed by atoms with Crippen molar-refractivity contribution >= 4 is 88.6 Å². The third kappa shape index (κ3) is 43.4. The molecule has 36 nitrogen and oxygen atoms in total. The first-order valence-electron chi connectivity index (χ1n) is 39.5. The summed E-state index contributed by atoms with van der Waals surface area (Å²) in [6, 6.07) is -16.9. The molecule has 0 aliphatic rings. The quantitative estimate of drug-likeness (QED) is 0.0276. The maximum atomic E-state index is 14.5. The number of carbonyl (C=O) groups excluding carboxylic acids is 15. The van der Waals surface area contributed by atoms with Gasteiger partial charge in [0.2, 0.25) is 88.6 Å². The topological polar surface area (TPSA) is 607 Å². The minimum atomic E-state index is -1.33. The Balaban J connectivity index is 6.72. The molecule has 0 aliphatic carbocycles. The fourth-order valence-corrected chi connectivity index (χ4v) is 11.7. The summed E-state index contributed by atoms with van der Waals surface area (Å²) in [5.74, 6) is -11.5. The van der Waals surface area contributed by atoms with Gasteiger partial charge < -0.3 is 115 Å². The lowest BCUT2D eigenvalue weighted by Gasteiger charge is -2.28.